The lowest BCUT2D eigenvalue weighted by atomic mass is 9.55. The normalized spacial score (nSPS) is 24.1. The molecule has 0 N–H and O–H groups in total. The molecule has 180 valence electrons. The van der Waals surface area contributed by atoms with Crippen molar-refractivity contribution in [2.45, 2.75) is 24.8 Å². The van der Waals surface area contributed by atoms with E-state index in [0.717, 1.165) is 27.2 Å². The maximum atomic E-state index is 13.7. The molecule has 2 bridgehead atoms. The lowest BCUT2D eigenvalue weighted by Crippen LogP contribution is -2.45. The van der Waals surface area contributed by atoms with E-state index in [4.69, 9.17) is 16.3 Å². The zero-order valence-electron chi connectivity index (χ0n) is 19.4. The molecule has 0 radical (unpaired) electrons. The van der Waals surface area contributed by atoms with Gasteiger partial charge in [0.25, 0.3) is 0 Å². The maximum Gasteiger partial charge on any atom is 0.329 e. The number of nitrogens with zero attached hydrogens (tertiary/aromatic N) is 1. The van der Waals surface area contributed by atoms with Crippen LogP contribution in [0.3, 0.4) is 0 Å². The number of hydrogen-bond donors (Lipinski definition) is 0. The molecule has 0 aromatic heterocycles. The Bertz CT molecular complexity index is 1320. The zero-order valence-corrected chi connectivity index (χ0v) is 20.1. The van der Waals surface area contributed by atoms with Gasteiger partial charge in [-0.15, -0.1) is 0 Å². The Hall–Kier alpha value is -3.77. The molecular formula is C29H22ClNO5. The summed E-state index contributed by atoms with van der Waals surface area (Å²) in [5.41, 5.74) is 4.61. The van der Waals surface area contributed by atoms with E-state index in [1.807, 2.05) is 48.5 Å². The van der Waals surface area contributed by atoms with Gasteiger partial charge in [0, 0.05) is 22.4 Å². The van der Waals surface area contributed by atoms with Gasteiger partial charge >= 0.3 is 5.97 Å². The minimum absolute atomic E-state index is 0.247. The minimum atomic E-state index is -1.14. The first-order valence-electron chi connectivity index (χ1n) is 11.9. The van der Waals surface area contributed by atoms with Crippen molar-refractivity contribution >= 4 is 35.2 Å². The van der Waals surface area contributed by atoms with E-state index in [1.165, 1.54) is 6.92 Å². The monoisotopic (exact) mass is 499 g/mol. The number of rotatable bonds is 5. The first-order valence-corrected chi connectivity index (χ1v) is 12.3. The first kappa shape index (κ1) is 22.7. The van der Waals surface area contributed by atoms with E-state index in [9.17, 15) is 19.2 Å². The van der Waals surface area contributed by atoms with Crippen LogP contribution in [0.2, 0.25) is 5.02 Å². The lowest BCUT2D eigenvalue weighted by Gasteiger charge is -2.45. The highest BCUT2D eigenvalue weighted by molar-refractivity contribution is 6.30. The number of esters is 1. The van der Waals surface area contributed by atoms with Crippen molar-refractivity contribution in [2.75, 3.05) is 6.61 Å². The average Bonchev–Trinajstić information content (AvgIpc) is 3.17. The third-order valence-corrected chi connectivity index (χ3v) is 7.97. The van der Waals surface area contributed by atoms with Crippen LogP contribution < -0.4 is 0 Å². The van der Waals surface area contributed by atoms with Crippen molar-refractivity contribution in [3.63, 3.8) is 0 Å². The molecular weight excluding hydrogens is 478 g/mol. The van der Waals surface area contributed by atoms with Gasteiger partial charge < -0.3 is 4.74 Å². The largest absolute Gasteiger partial charge is 0.456 e. The maximum absolute atomic E-state index is 13.7. The molecule has 1 fully saturated rings. The molecule has 3 aromatic carbocycles. The number of ketones is 1. The molecule has 36 heavy (non-hydrogen) atoms. The number of hydrogen-bond acceptors (Lipinski definition) is 5. The van der Waals surface area contributed by atoms with Gasteiger partial charge in [0.05, 0.1) is 11.8 Å². The van der Waals surface area contributed by atoms with Gasteiger partial charge in [-0.2, -0.15) is 0 Å². The van der Waals surface area contributed by atoms with E-state index in [1.54, 1.807) is 24.3 Å². The van der Waals surface area contributed by atoms with Gasteiger partial charge in [0.15, 0.2) is 12.4 Å². The second-order valence-corrected chi connectivity index (χ2v) is 9.96. The molecule has 4 aliphatic rings. The second kappa shape index (κ2) is 8.42. The van der Waals surface area contributed by atoms with E-state index >= 15 is 0 Å². The number of carbonyl (C=O) groups is 4. The topological polar surface area (TPSA) is 80.8 Å². The summed E-state index contributed by atoms with van der Waals surface area (Å²) in [5.74, 6) is -3.55. The van der Waals surface area contributed by atoms with Crippen LogP contribution in [0.4, 0.5) is 0 Å². The molecule has 3 aliphatic carbocycles. The van der Waals surface area contributed by atoms with Crippen LogP contribution in [0.1, 0.15) is 51.4 Å². The number of likely N-dealkylation sites (tertiary alicyclic amines) is 1. The molecule has 0 spiro atoms. The highest BCUT2D eigenvalue weighted by Crippen LogP contribution is 2.61. The van der Waals surface area contributed by atoms with Crippen LogP contribution in [0, 0.1) is 11.8 Å². The lowest BCUT2D eigenvalue weighted by molar-refractivity contribution is -0.157. The molecule has 3 atom stereocenters. The number of benzene rings is 3. The van der Waals surface area contributed by atoms with E-state index in [0.29, 0.717) is 10.6 Å². The Balaban J connectivity index is 1.26. The quantitative estimate of drug-likeness (QED) is 0.296. The standard InChI is InChI=1S/C29H22ClNO5/c1-15(29(35)36-14-22(32)16-10-12-17(30)13-11-16)31-27(33)25-23-18-6-2-3-7-19(18)24(26(25)28(31)34)21-9-5-4-8-20(21)23/h2-13,15,23-26H,14H2,1H3. The Morgan fingerprint density at radius 2 is 1.25 bits per heavy atom. The third-order valence-electron chi connectivity index (χ3n) is 7.72. The number of halogens is 1. The van der Waals surface area contributed by atoms with Crippen molar-refractivity contribution in [3.8, 4) is 0 Å². The summed E-state index contributed by atoms with van der Waals surface area (Å²) in [5, 5.41) is 0.489. The van der Waals surface area contributed by atoms with Gasteiger partial charge in [-0.25, -0.2) is 4.79 Å². The highest BCUT2D eigenvalue weighted by atomic mass is 35.5. The van der Waals surface area contributed by atoms with E-state index in [-0.39, 0.29) is 23.7 Å². The summed E-state index contributed by atoms with van der Waals surface area (Å²) in [7, 11) is 0. The van der Waals surface area contributed by atoms with Crippen molar-refractivity contribution in [1.29, 1.82) is 0 Å². The number of carbonyl (C=O) groups excluding carboxylic acids is 4. The Labute approximate surface area is 212 Å². The number of ether oxygens (including phenoxy) is 1. The number of amides is 2. The van der Waals surface area contributed by atoms with E-state index in [2.05, 4.69) is 0 Å². The summed E-state index contributed by atoms with van der Waals surface area (Å²) in [4.78, 5) is 53.8. The van der Waals surface area contributed by atoms with Crippen LogP contribution in [-0.2, 0) is 19.1 Å². The van der Waals surface area contributed by atoms with Crippen LogP contribution in [0.5, 0.6) is 0 Å². The molecule has 1 saturated heterocycles. The second-order valence-electron chi connectivity index (χ2n) is 9.52. The molecule has 1 heterocycles. The zero-order chi connectivity index (χ0) is 25.1. The molecule has 7 heteroatoms. The summed E-state index contributed by atoms with van der Waals surface area (Å²) < 4.78 is 5.24. The predicted molar refractivity (Wildman–Crippen MR) is 132 cm³/mol. The SMILES string of the molecule is CC(C(=O)OCC(=O)c1ccc(Cl)cc1)N1C(=O)C2C3c4ccccc4C(c4ccccc43)C2C1=O. The summed E-state index contributed by atoms with van der Waals surface area (Å²) in [6.07, 6.45) is 0. The van der Waals surface area contributed by atoms with Crippen LogP contribution in [0.15, 0.2) is 72.8 Å². The van der Waals surface area contributed by atoms with Gasteiger partial charge in [-0.05, 0) is 53.4 Å². The van der Waals surface area contributed by atoms with Crippen molar-refractivity contribution < 1.29 is 23.9 Å². The van der Waals surface area contributed by atoms with Gasteiger partial charge in [0.1, 0.15) is 6.04 Å². The van der Waals surface area contributed by atoms with E-state index < -0.39 is 36.2 Å². The fourth-order valence-corrected chi connectivity index (χ4v) is 6.29. The molecule has 2 amide bonds. The Kier molecular flexibility index (Phi) is 5.30. The van der Waals surface area contributed by atoms with Crippen molar-refractivity contribution in [2.24, 2.45) is 11.8 Å². The first-order chi connectivity index (χ1) is 17.4. The molecule has 0 saturated carbocycles. The molecule has 1 aliphatic heterocycles. The predicted octanol–water partition coefficient (Wildman–Crippen LogP) is 4.35. The van der Waals surface area contributed by atoms with Gasteiger partial charge in [-0.1, -0.05) is 60.1 Å². The highest BCUT2D eigenvalue weighted by Gasteiger charge is 2.62. The fourth-order valence-electron chi connectivity index (χ4n) is 6.16. The summed E-state index contributed by atoms with van der Waals surface area (Å²) >= 11 is 5.86. The summed E-state index contributed by atoms with van der Waals surface area (Å²) in [6.45, 7) is 0.987. The van der Waals surface area contributed by atoms with Crippen LogP contribution in [0.25, 0.3) is 0 Å². The molecule has 3 aromatic rings. The number of imide groups is 1. The van der Waals surface area contributed by atoms with Gasteiger partial charge in [-0.3, -0.25) is 19.3 Å². The van der Waals surface area contributed by atoms with Crippen LogP contribution >= 0.6 is 11.6 Å². The smallest absolute Gasteiger partial charge is 0.329 e. The summed E-state index contributed by atoms with van der Waals surface area (Å²) in [6, 6.07) is 21.0. The molecule has 6 nitrogen and oxygen atoms in total. The van der Waals surface area contributed by atoms with Gasteiger partial charge in [0.2, 0.25) is 11.8 Å². The minimum Gasteiger partial charge on any atom is -0.456 e. The fraction of sp³-hybridized carbons (Fsp3) is 0.241. The molecule has 3 unspecified atom stereocenters. The Morgan fingerprint density at radius 3 is 1.69 bits per heavy atom. The van der Waals surface area contributed by atoms with Crippen molar-refractivity contribution in [3.05, 3.63) is 106 Å². The number of Topliss-reactive ketones (excluding diaryl/α,β-unsaturated/α-hetero) is 1. The third kappa shape index (κ3) is 3.24. The van der Waals surface area contributed by atoms with Crippen LogP contribution in [-0.4, -0.2) is 41.1 Å². The average molecular weight is 500 g/mol. The van der Waals surface area contributed by atoms with Crippen molar-refractivity contribution in [1.82, 2.24) is 4.90 Å². The Morgan fingerprint density at radius 1 is 0.806 bits per heavy atom. The molecule has 7 rings (SSSR count).